The van der Waals surface area contributed by atoms with Gasteiger partial charge in [0.15, 0.2) is 0 Å². The Bertz CT molecular complexity index is 854. The molecule has 1 aliphatic carbocycles. The predicted octanol–water partition coefficient (Wildman–Crippen LogP) is 1.72. The number of carbonyl (C=O) groups excluding carboxylic acids is 1. The van der Waals surface area contributed by atoms with E-state index in [2.05, 4.69) is 10.3 Å². The van der Waals surface area contributed by atoms with Gasteiger partial charge in [-0.2, -0.15) is 5.10 Å². The molecule has 1 amide bonds. The van der Waals surface area contributed by atoms with Crippen molar-refractivity contribution in [2.75, 3.05) is 6.54 Å². The van der Waals surface area contributed by atoms with E-state index in [4.69, 9.17) is 4.52 Å². The van der Waals surface area contributed by atoms with Crippen molar-refractivity contribution in [2.24, 2.45) is 0 Å². The molecular formula is C18H22N4O3. The Balaban J connectivity index is 1.57. The molecule has 132 valence electrons. The molecule has 7 nitrogen and oxygen atoms in total. The Labute approximate surface area is 145 Å². The summed E-state index contributed by atoms with van der Waals surface area (Å²) in [5.74, 6) is 0.451. The molecule has 0 N–H and O–H groups in total. The van der Waals surface area contributed by atoms with Gasteiger partial charge in [0.1, 0.15) is 11.3 Å². The van der Waals surface area contributed by atoms with Crippen LogP contribution in [0.4, 0.5) is 0 Å². The van der Waals surface area contributed by atoms with Crippen LogP contribution >= 0.6 is 0 Å². The van der Waals surface area contributed by atoms with Gasteiger partial charge in [0.25, 0.3) is 11.5 Å². The first kappa shape index (κ1) is 16.1. The summed E-state index contributed by atoms with van der Waals surface area (Å²) in [6.07, 6.45) is 7.40. The molecule has 2 aliphatic rings. The molecule has 0 bridgehead atoms. The summed E-state index contributed by atoms with van der Waals surface area (Å²) < 4.78 is 6.56. The van der Waals surface area contributed by atoms with E-state index in [1.807, 2.05) is 4.90 Å². The first-order valence-electron chi connectivity index (χ1n) is 8.95. The van der Waals surface area contributed by atoms with Crippen molar-refractivity contribution in [2.45, 2.75) is 58.0 Å². The molecule has 0 saturated carbocycles. The molecule has 7 heteroatoms. The van der Waals surface area contributed by atoms with Crippen LogP contribution < -0.4 is 5.56 Å². The van der Waals surface area contributed by atoms with Crippen LogP contribution in [0.15, 0.2) is 21.6 Å². The molecule has 2 aromatic rings. The van der Waals surface area contributed by atoms with E-state index in [0.717, 1.165) is 49.8 Å². The maximum Gasteiger partial charge on any atom is 0.267 e. The number of carbonyl (C=O) groups is 1. The number of rotatable bonds is 3. The van der Waals surface area contributed by atoms with Crippen molar-refractivity contribution < 1.29 is 9.32 Å². The Morgan fingerprint density at radius 2 is 2.16 bits per heavy atom. The van der Waals surface area contributed by atoms with Crippen LogP contribution in [0, 0.1) is 6.92 Å². The van der Waals surface area contributed by atoms with Crippen LogP contribution in [0.5, 0.6) is 0 Å². The van der Waals surface area contributed by atoms with E-state index in [0.29, 0.717) is 24.4 Å². The second-order valence-corrected chi connectivity index (χ2v) is 6.93. The minimum Gasteiger partial charge on any atom is -0.361 e. The lowest BCUT2D eigenvalue weighted by atomic mass is 9.97. The maximum absolute atomic E-state index is 12.8. The third-order valence-corrected chi connectivity index (χ3v) is 5.28. The molecule has 4 rings (SSSR count). The van der Waals surface area contributed by atoms with Gasteiger partial charge in [0.2, 0.25) is 0 Å². The van der Waals surface area contributed by atoms with Gasteiger partial charge in [-0.25, -0.2) is 4.68 Å². The van der Waals surface area contributed by atoms with Crippen LogP contribution in [0.2, 0.25) is 0 Å². The van der Waals surface area contributed by atoms with Gasteiger partial charge in [-0.3, -0.25) is 9.59 Å². The Kier molecular flexibility index (Phi) is 4.15. The summed E-state index contributed by atoms with van der Waals surface area (Å²) in [6.45, 7) is 2.87. The predicted molar refractivity (Wildman–Crippen MR) is 90.4 cm³/mol. The van der Waals surface area contributed by atoms with Gasteiger partial charge >= 0.3 is 0 Å². The summed E-state index contributed by atoms with van der Waals surface area (Å²) in [4.78, 5) is 27.0. The zero-order valence-electron chi connectivity index (χ0n) is 14.4. The number of aromatic nitrogens is 3. The van der Waals surface area contributed by atoms with Crippen molar-refractivity contribution in [1.82, 2.24) is 19.8 Å². The summed E-state index contributed by atoms with van der Waals surface area (Å²) in [5.41, 5.74) is 2.56. The Morgan fingerprint density at radius 3 is 2.96 bits per heavy atom. The fourth-order valence-electron chi connectivity index (χ4n) is 3.88. The molecule has 1 atom stereocenters. The van der Waals surface area contributed by atoms with E-state index in [1.54, 1.807) is 17.7 Å². The number of nitrogens with zero attached hydrogens (tertiary/aromatic N) is 4. The van der Waals surface area contributed by atoms with Gasteiger partial charge in [-0.1, -0.05) is 5.16 Å². The number of hydrogen-bond acceptors (Lipinski definition) is 5. The second kappa shape index (κ2) is 6.46. The van der Waals surface area contributed by atoms with Crippen molar-refractivity contribution in [3.8, 4) is 0 Å². The lowest BCUT2D eigenvalue weighted by Crippen LogP contribution is -2.41. The van der Waals surface area contributed by atoms with Gasteiger partial charge in [-0.05, 0) is 51.0 Å². The highest BCUT2D eigenvalue weighted by molar-refractivity contribution is 5.95. The third-order valence-electron chi connectivity index (χ3n) is 5.28. The molecule has 1 fully saturated rings. The van der Waals surface area contributed by atoms with Gasteiger partial charge in [0.05, 0.1) is 24.5 Å². The molecule has 2 aromatic heterocycles. The van der Waals surface area contributed by atoms with E-state index in [9.17, 15) is 9.59 Å². The number of hydrogen-bond donors (Lipinski definition) is 0. The first-order valence-corrected chi connectivity index (χ1v) is 8.95. The van der Waals surface area contributed by atoms with Gasteiger partial charge in [-0.15, -0.1) is 0 Å². The van der Waals surface area contributed by atoms with Gasteiger partial charge < -0.3 is 9.42 Å². The van der Waals surface area contributed by atoms with Gasteiger partial charge in [0, 0.05) is 12.6 Å². The van der Waals surface area contributed by atoms with Crippen molar-refractivity contribution >= 4 is 5.91 Å². The fraction of sp³-hybridized carbons (Fsp3) is 0.556. The molecule has 0 radical (unpaired) electrons. The molecular weight excluding hydrogens is 320 g/mol. The first-order chi connectivity index (χ1) is 12.1. The summed E-state index contributed by atoms with van der Waals surface area (Å²) in [7, 11) is 0. The average molecular weight is 342 g/mol. The molecule has 1 saturated heterocycles. The molecule has 25 heavy (non-hydrogen) atoms. The Morgan fingerprint density at radius 1 is 1.32 bits per heavy atom. The van der Waals surface area contributed by atoms with E-state index >= 15 is 0 Å². The topological polar surface area (TPSA) is 81.2 Å². The lowest BCUT2D eigenvalue weighted by Gasteiger charge is -2.25. The van der Waals surface area contributed by atoms with Crippen LogP contribution in [-0.4, -0.2) is 38.3 Å². The lowest BCUT2D eigenvalue weighted by molar-refractivity contribution is 0.0718. The SMILES string of the molecule is Cc1oncc1C(=O)N1CCCC1Cn1nc2c(cc1=O)CCCC2. The van der Waals surface area contributed by atoms with Crippen molar-refractivity contribution in [1.29, 1.82) is 0 Å². The van der Waals surface area contributed by atoms with Crippen LogP contribution in [0.25, 0.3) is 0 Å². The molecule has 0 aromatic carbocycles. The normalized spacial score (nSPS) is 19.9. The number of likely N-dealkylation sites (tertiary alicyclic amines) is 1. The largest absolute Gasteiger partial charge is 0.361 e. The van der Waals surface area contributed by atoms with E-state index in [-0.39, 0.29) is 17.5 Å². The highest BCUT2D eigenvalue weighted by Gasteiger charge is 2.32. The minimum absolute atomic E-state index is 0.0198. The monoisotopic (exact) mass is 342 g/mol. The highest BCUT2D eigenvalue weighted by atomic mass is 16.5. The summed E-state index contributed by atoms with van der Waals surface area (Å²) in [5, 5.41) is 8.28. The second-order valence-electron chi connectivity index (χ2n) is 6.93. The van der Waals surface area contributed by atoms with Crippen LogP contribution in [0.3, 0.4) is 0 Å². The zero-order chi connectivity index (χ0) is 17.4. The minimum atomic E-state index is -0.0766. The van der Waals surface area contributed by atoms with Crippen LogP contribution in [0.1, 0.15) is 53.1 Å². The van der Waals surface area contributed by atoms with E-state index in [1.165, 1.54) is 6.20 Å². The average Bonchev–Trinajstić information content (AvgIpc) is 3.24. The number of aryl methyl sites for hydroxylation is 3. The van der Waals surface area contributed by atoms with E-state index < -0.39 is 0 Å². The van der Waals surface area contributed by atoms with Crippen LogP contribution in [-0.2, 0) is 19.4 Å². The molecule has 0 spiro atoms. The number of amides is 1. The standard InChI is InChI=1S/C18H22N4O3/c1-12-15(10-19-25-12)18(24)21-8-4-6-14(21)11-22-17(23)9-13-5-2-3-7-16(13)20-22/h9-10,14H,2-8,11H2,1H3. The Hall–Kier alpha value is -2.44. The smallest absolute Gasteiger partial charge is 0.267 e. The molecule has 1 unspecified atom stereocenters. The maximum atomic E-state index is 12.8. The summed E-state index contributed by atoms with van der Waals surface area (Å²) >= 11 is 0. The fourth-order valence-corrected chi connectivity index (χ4v) is 3.88. The summed E-state index contributed by atoms with van der Waals surface area (Å²) in [6, 6.07) is 1.71. The zero-order valence-corrected chi connectivity index (χ0v) is 14.4. The molecule has 3 heterocycles. The molecule has 1 aliphatic heterocycles. The van der Waals surface area contributed by atoms with Crippen molar-refractivity contribution in [3.63, 3.8) is 0 Å². The quantitative estimate of drug-likeness (QED) is 0.848. The number of fused-ring (bicyclic) bond motifs is 1. The third kappa shape index (κ3) is 2.99. The highest BCUT2D eigenvalue weighted by Crippen LogP contribution is 2.23. The van der Waals surface area contributed by atoms with Crippen molar-refractivity contribution in [3.05, 3.63) is 45.2 Å².